The highest BCUT2D eigenvalue weighted by atomic mass is 35.5. The number of aryl methyl sites for hydroxylation is 1. The first kappa shape index (κ1) is 13.7. The smallest absolute Gasteiger partial charge is 0.215 e. The molecular weight excluding hydrogens is 258 g/mol. The molecule has 2 heterocycles. The normalized spacial score (nSPS) is 9.71. The molecule has 0 bridgehead atoms. The van der Waals surface area contributed by atoms with Crippen molar-refractivity contribution in [3.8, 4) is 5.88 Å². The van der Waals surface area contributed by atoms with Crippen molar-refractivity contribution >= 4 is 24.2 Å². The number of rotatable bonds is 3. The number of pyridine rings is 1. The molecule has 17 heavy (non-hydrogen) atoms. The van der Waals surface area contributed by atoms with Crippen molar-refractivity contribution in [3.05, 3.63) is 41.9 Å². The lowest BCUT2D eigenvalue weighted by molar-refractivity contribution is 0.444. The molecule has 6 heteroatoms. The predicted octanol–water partition coefficient (Wildman–Crippen LogP) is 2.60. The summed E-state index contributed by atoms with van der Waals surface area (Å²) < 4.78 is 0. The Morgan fingerprint density at radius 1 is 1.35 bits per heavy atom. The monoisotopic (exact) mass is 269 g/mol. The van der Waals surface area contributed by atoms with Gasteiger partial charge in [0.05, 0.1) is 0 Å². The van der Waals surface area contributed by atoms with Gasteiger partial charge in [-0.15, -0.1) is 12.4 Å². The zero-order chi connectivity index (χ0) is 11.4. The Morgan fingerprint density at radius 3 is 2.82 bits per heavy atom. The SMILES string of the molecule is Cc1cc(O)nc(SCc2cccnc2)n1.Cl. The van der Waals surface area contributed by atoms with E-state index in [0.29, 0.717) is 5.16 Å². The van der Waals surface area contributed by atoms with Gasteiger partial charge < -0.3 is 5.11 Å². The molecule has 0 amide bonds. The molecule has 0 saturated heterocycles. The summed E-state index contributed by atoms with van der Waals surface area (Å²) in [7, 11) is 0. The fraction of sp³-hybridized carbons (Fsp3) is 0.182. The fourth-order valence-corrected chi connectivity index (χ4v) is 2.05. The van der Waals surface area contributed by atoms with Crippen molar-refractivity contribution in [1.29, 1.82) is 0 Å². The average Bonchev–Trinajstić information content (AvgIpc) is 2.27. The van der Waals surface area contributed by atoms with E-state index in [1.807, 2.05) is 25.3 Å². The van der Waals surface area contributed by atoms with Crippen LogP contribution in [0.2, 0.25) is 0 Å². The van der Waals surface area contributed by atoms with Gasteiger partial charge in [0.25, 0.3) is 0 Å². The lowest BCUT2D eigenvalue weighted by Gasteiger charge is -2.01. The van der Waals surface area contributed by atoms with E-state index in [2.05, 4.69) is 15.0 Å². The summed E-state index contributed by atoms with van der Waals surface area (Å²) in [6.07, 6.45) is 3.55. The minimum Gasteiger partial charge on any atom is -0.493 e. The van der Waals surface area contributed by atoms with E-state index in [1.54, 1.807) is 6.20 Å². The van der Waals surface area contributed by atoms with E-state index >= 15 is 0 Å². The maximum absolute atomic E-state index is 9.31. The highest BCUT2D eigenvalue weighted by Gasteiger charge is 2.02. The van der Waals surface area contributed by atoms with Gasteiger partial charge in [-0.25, -0.2) is 4.98 Å². The van der Waals surface area contributed by atoms with Crippen molar-refractivity contribution in [2.45, 2.75) is 17.8 Å². The Bertz CT molecular complexity index is 461. The molecule has 0 aliphatic rings. The highest BCUT2D eigenvalue weighted by molar-refractivity contribution is 7.98. The van der Waals surface area contributed by atoms with Gasteiger partial charge in [0, 0.05) is 29.9 Å². The van der Waals surface area contributed by atoms with Gasteiger partial charge in [-0.1, -0.05) is 17.8 Å². The van der Waals surface area contributed by atoms with Crippen molar-refractivity contribution in [1.82, 2.24) is 15.0 Å². The summed E-state index contributed by atoms with van der Waals surface area (Å²) in [5.41, 5.74) is 1.87. The Kier molecular flexibility index (Phi) is 5.18. The third kappa shape index (κ3) is 4.20. The Balaban J connectivity index is 0.00000144. The van der Waals surface area contributed by atoms with E-state index in [0.717, 1.165) is 17.0 Å². The van der Waals surface area contributed by atoms with Gasteiger partial charge in [0.15, 0.2) is 5.16 Å². The fourth-order valence-electron chi connectivity index (χ4n) is 1.22. The molecule has 0 aliphatic heterocycles. The Labute approximate surface area is 110 Å². The van der Waals surface area contributed by atoms with Crippen LogP contribution < -0.4 is 0 Å². The van der Waals surface area contributed by atoms with Crippen molar-refractivity contribution in [2.24, 2.45) is 0 Å². The van der Waals surface area contributed by atoms with Gasteiger partial charge in [0.1, 0.15) is 0 Å². The zero-order valence-electron chi connectivity index (χ0n) is 9.20. The first-order valence-corrected chi connectivity index (χ1v) is 5.79. The van der Waals surface area contributed by atoms with Gasteiger partial charge in [-0.3, -0.25) is 4.98 Å². The van der Waals surface area contributed by atoms with Crippen LogP contribution >= 0.6 is 24.2 Å². The van der Waals surface area contributed by atoms with Crippen LogP contribution in [-0.4, -0.2) is 20.1 Å². The lowest BCUT2D eigenvalue weighted by Crippen LogP contribution is -1.90. The molecule has 2 aromatic rings. The first-order chi connectivity index (χ1) is 7.74. The van der Waals surface area contributed by atoms with Crippen LogP contribution in [0.3, 0.4) is 0 Å². The summed E-state index contributed by atoms with van der Waals surface area (Å²) in [5, 5.41) is 9.90. The zero-order valence-corrected chi connectivity index (χ0v) is 10.8. The maximum Gasteiger partial charge on any atom is 0.215 e. The second-order valence-electron chi connectivity index (χ2n) is 3.30. The molecule has 2 rings (SSSR count). The standard InChI is InChI=1S/C11H11N3OS.ClH/c1-8-5-10(15)14-11(13-8)16-7-9-3-2-4-12-6-9;/h2-6H,7H2,1H3,(H,13,14,15);1H. The number of hydrogen-bond acceptors (Lipinski definition) is 5. The topological polar surface area (TPSA) is 58.9 Å². The van der Waals surface area contributed by atoms with Crippen LogP contribution in [-0.2, 0) is 5.75 Å². The molecular formula is C11H12ClN3OS. The summed E-state index contributed by atoms with van der Waals surface area (Å²) in [6, 6.07) is 5.42. The van der Waals surface area contributed by atoms with E-state index in [4.69, 9.17) is 0 Å². The molecule has 0 saturated carbocycles. The summed E-state index contributed by atoms with van der Waals surface area (Å²) in [5.74, 6) is 0.762. The highest BCUT2D eigenvalue weighted by Crippen LogP contribution is 2.20. The largest absolute Gasteiger partial charge is 0.493 e. The Morgan fingerprint density at radius 2 is 2.18 bits per heavy atom. The molecule has 1 N–H and O–H groups in total. The van der Waals surface area contributed by atoms with Crippen LogP contribution in [0.5, 0.6) is 5.88 Å². The number of halogens is 1. The molecule has 4 nitrogen and oxygen atoms in total. The minimum absolute atomic E-state index is 0. The number of thioether (sulfide) groups is 1. The van der Waals surface area contributed by atoms with E-state index < -0.39 is 0 Å². The first-order valence-electron chi connectivity index (χ1n) is 4.80. The van der Waals surface area contributed by atoms with Crippen molar-refractivity contribution in [3.63, 3.8) is 0 Å². The molecule has 0 fully saturated rings. The van der Waals surface area contributed by atoms with Gasteiger partial charge in [0.2, 0.25) is 5.88 Å². The molecule has 90 valence electrons. The van der Waals surface area contributed by atoms with Crippen LogP contribution in [0.15, 0.2) is 35.7 Å². The summed E-state index contributed by atoms with van der Waals surface area (Å²) >= 11 is 1.48. The number of hydrogen-bond donors (Lipinski definition) is 1. The van der Waals surface area contributed by atoms with Crippen molar-refractivity contribution < 1.29 is 5.11 Å². The third-order valence-corrected chi connectivity index (χ3v) is 2.83. The van der Waals surface area contributed by atoms with Gasteiger partial charge in [-0.2, -0.15) is 4.98 Å². The van der Waals surface area contributed by atoms with E-state index in [1.165, 1.54) is 17.8 Å². The predicted molar refractivity (Wildman–Crippen MR) is 69.5 cm³/mol. The van der Waals surface area contributed by atoms with Crippen LogP contribution in [0.4, 0.5) is 0 Å². The van der Waals surface area contributed by atoms with Gasteiger partial charge in [-0.05, 0) is 18.6 Å². The number of aromatic hydroxyl groups is 1. The maximum atomic E-state index is 9.31. The van der Waals surface area contributed by atoms with Crippen molar-refractivity contribution in [2.75, 3.05) is 0 Å². The molecule has 0 aliphatic carbocycles. The molecule has 0 atom stereocenters. The molecule has 0 radical (unpaired) electrons. The van der Waals surface area contributed by atoms with Crippen LogP contribution in [0.25, 0.3) is 0 Å². The Hall–Kier alpha value is -1.33. The third-order valence-electron chi connectivity index (χ3n) is 1.91. The second-order valence-corrected chi connectivity index (χ2v) is 4.24. The van der Waals surface area contributed by atoms with Crippen LogP contribution in [0.1, 0.15) is 11.3 Å². The van der Waals surface area contributed by atoms with Crippen LogP contribution in [0, 0.1) is 6.92 Å². The second kappa shape index (κ2) is 6.42. The molecule has 0 spiro atoms. The number of nitrogens with zero attached hydrogens (tertiary/aromatic N) is 3. The molecule has 2 aromatic heterocycles. The molecule has 0 unspecified atom stereocenters. The summed E-state index contributed by atoms with van der Waals surface area (Å²) in [6.45, 7) is 1.83. The quantitative estimate of drug-likeness (QED) is 0.686. The van der Waals surface area contributed by atoms with E-state index in [9.17, 15) is 5.11 Å². The lowest BCUT2D eigenvalue weighted by atomic mass is 10.3. The number of aromatic nitrogens is 3. The molecule has 0 aromatic carbocycles. The van der Waals surface area contributed by atoms with E-state index in [-0.39, 0.29) is 18.3 Å². The average molecular weight is 270 g/mol. The summed E-state index contributed by atoms with van der Waals surface area (Å²) in [4.78, 5) is 12.2. The minimum atomic E-state index is 0. The van der Waals surface area contributed by atoms with Gasteiger partial charge >= 0.3 is 0 Å².